The Bertz CT molecular complexity index is 553. The van der Waals surface area contributed by atoms with E-state index in [-0.39, 0.29) is 11.5 Å². The molecule has 1 unspecified atom stereocenters. The lowest BCUT2D eigenvalue weighted by Gasteiger charge is -2.14. The summed E-state index contributed by atoms with van der Waals surface area (Å²) in [7, 11) is 0. The van der Waals surface area contributed by atoms with Crippen LogP contribution in [0.5, 0.6) is 5.75 Å². The second-order valence-electron chi connectivity index (χ2n) is 6.02. The Hall–Kier alpha value is -1.39. The van der Waals surface area contributed by atoms with Gasteiger partial charge in [-0.05, 0) is 24.6 Å². The monoisotopic (exact) mass is 290 g/mol. The molecular formula is C16H22N2OS. The maximum Gasteiger partial charge on any atom is 0.140 e. The van der Waals surface area contributed by atoms with Gasteiger partial charge in [0.25, 0.3) is 0 Å². The van der Waals surface area contributed by atoms with Crippen molar-refractivity contribution in [2.75, 3.05) is 0 Å². The van der Waals surface area contributed by atoms with Crippen LogP contribution in [0.2, 0.25) is 0 Å². The molecule has 0 fully saturated rings. The highest BCUT2D eigenvalue weighted by atomic mass is 32.1. The molecule has 108 valence electrons. The second-order valence-corrected chi connectivity index (χ2v) is 6.97. The molecule has 0 saturated heterocycles. The smallest absolute Gasteiger partial charge is 0.140 e. The Balaban J connectivity index is 1.96. The van der Waals surface area contributed by atoms with Crippen LogP contribution < -0.4 is 10.5 Å². The third-order valence-electron chi connectivity index (χ3n) is 3.09. The number of hydrogen-bond donors (Lipinski definition) is 1. The second kappa shape index (κ2) is 5.94. The van der Waals surface area contributed by atoms with E-state index in [0.29, 0.717) is 6.61 Å². The largest absolute Gasteiger partial charge is 0.486 e. The first-order valence-electron chi connectivity index (χ1n) is 6.79. The van der Waals surface area contributed by atoms with Crippen LogP contribution in [0.15, 0.2) is 29.6 Å². The van der Waals surface area contributed by atoms with Crippen LogP contribution >= 0.6 is 11.3 Å². The molecular weight excluding hydrogens is 268 g/mol. The molecule has 1 atom stereocenters. The molecule has 3 nitrogen and oxygen atoms in total. The van der Waals surface area contributed by atoms with Crippen molar-refractivity contribution in [2.45, 2.75) is 45.8 Å². The van der Waals surface area contributed by atoms with Crippen LogP contribution in [0.25, 0.3) is 0 Å². The van der Waals surface area contributed by atoms with Crippen LogP contribution in [-0.4, -0.2) is 4.98 Å². The van der Waals surface area contributed by atoms with E-state index in [1.165, 1.54) is 0 Å². The van der Waals surface area contributed by atoms with Gasteiger partial charge < -0.3 is 10.5 Å². The minimum Gasteiger partial charge on any atom is -0.486 e. The van der Waals surface area contributed by atoms with Crippen molar-refractivity contribution in [2.24, 2.45) is 5.73 Å². The van der Waals surface area contributed by atoms with Gasteiger partial charge in [-0.15, -0.1) is 11.3 Å². The van der Waals surface area contributed by atoms with Gasteiger partial charge in [-0.3, -0.25) is 0 Å². The van der Waals surface area contributed by atoms with Gasteiger partial charge in [0, 0.05) is 16.8 Å². The summed E-state index contributed by atoms with van der Waals surface area (Å²) in [5, 5.41) is 3.11. The quantitative estimate of drug-likeness (QED) is 0.924. The van der Waals surface area contributed by atoms with Crippen molar-refractivity contribution in [3.05, 3.63) is 45.9 Å². The number of nitrogens with two attached hydrogens (primary N) is 1. The van der Waals surface area contributed by atoms with Crippen LogP contribution in [0, 0.1) is 0 Å². The minimum absolute atomic E-state index is 0.0531. The van der Waals surface area contributed by atoms with Gasteiger partial charge in [0.15, 0.2) is 0 Å². The van der Waals surface area contributed by atoms with E-state index >= 15 is 0 Å². The fraction of sp³-hybridized carbons (Fsp3) is 0.438. The molecule has 1 aromatic heterocycles. The molecule has 0 aliphatic heterocycles. The Kier molecular flexibility index (Phi) is 4.45. The summed E-state index contributed by atoms with van der Waals surface area (Å²) < 4.78 is 5.76. The molecule has 0 saturated carbocycles. The molecule has 20 heavy (non-hydrogen) atoms. The van der Waals surface area contributed by atoms with Crippen molar-refractivity contribution in [3.63, 3.8) is 0 Å². The van der Waals surface area contributed by atoms with E-state index in [9.17, 15) is 0 Å². The first kappa shape index (κ1) is 15.0. The number of benzene rings is 1. The highest BCUT2D eigenvalue weighted by molar-refractivity contribution is 7.09. The third-order valence-corrected chi connectivity index (χ3v) is 3.91. The SMILES string of the molecule is CC(N)c1ccc(OCc2nc(C(C)(C)C)cs2)cc1. The fourth-order valence-corrected chi connectivity index (χ4v) is 2.67. The molecule has 0 bridgehead atoms. The molecule has 0 amide bonds. The lowest BCUT2D eigenvalue weighted by atomic mass is 9.93. The van der Waals surface area contributed by atoms with Gasteiger partial charge in [-0.25, -0.2) is 4.98 Å². The Morgan fingerprint density at radius 3 is 2.40 bits per heavy atom. The van der Waals surface area contributed by atoms with Crippen molar-refractivity contribution >= 4 is 11.3 Å². The van der Waals surface area contributed by atoms with Crippen LogP contribution in [-0.2, 0) is 12.0 Å². The lowest BCUT2D eigenvalue weighted by molar-refractivity contribution is 0.304. The van der Waals surface area contributed by atoms with Crippen LogP contribution in [0.1, 0.15) is 50.0 Å². The predicted molar refractivity (Wildman–Crippen MR) is 84.2 cm³/mol. The summed E-state index contributed by atoms with van der Waals surface area (Å²) in [6.45, 7) is 8.98. The molecule has 2 N–H and O–H groups in total. The number of hydrogen-bond acceptors (Lipinski definition) is 4. The molecule has 1 heterocycles. The summed E-state index contributed by atoms with van der Waals surface area (Å²) in [5.41, 5.74) is 8.15. The topological polar surface area (TPSA) is 48.1 Å². The third kappa shape index (κ3) is 3.81. The van der Waals surface area contributed by atoms with Gasteiger partial charge >= 0.3 is 0 Å². The summed E-state index contributed by atoms with van der Waals surface area (Å²) >= 11 is 1.65. The standard InChI is InChI=1S/C16H22N2OS/c1-11(17)12-5-7-13(8-6-12)19-9-15-18-14(10-20-15)16(2,3)4/h5-8,10-11H,9,17H2,1-4H3. The van der Waals surface area contributed by atoms with Crippen LogP contribution in [0.4, 0.5) is 0 Å². The van der Waals surface area contributed by atoms with Gasteiger partial charge in [-0.1, -0.05) is 32.9 Å². The van der Waals surface area contributed by atoms with E-state index in [2.05, 4.69) is 31.1 Å². The average Bonchev–Trinajstić information content (AvgIpc) is 2.85. The van der Waals surface area contributed by atoms with E-state index < -0.39 is 0 Å². The number of thiazole rings is 1. The maximum absolute atomic E-state index is 5.82. The Labute approximate surface area is 124 Å². The van der Waals surface area contributed by atoms with Crippen LogP contribution in [0.3, 0.4) is 0 Å². The normalized spacial score (nSPS) is 13.2. The maximum atomic E-state index is 5.82. The van der Waals surface area contributed by atoms with E-state index in [4.69, 9.17) is 10.5 Å². The zero-order chi connectivity index (χ0) is 14.8. The Morgan fingerprint density at radius 2 is 1.90 bits per heavy atom. The fourth-order valence-electron chi connectivity index (χ4n) is 1.73. The zero-order valence-corrected chi connectivity index (χ0v) is 13.3. The molecule has 0 aliphatic carbocycles. The summed E-state index contributed by atoms with van der Waals surface area (Å²) in [4.78, 5) is 4.62. The number of aromatic nitrogens is 1. The van der Waals surface area contributed by atoms with Crippen molar-refractivity contribution in [1.82, 2.24) is 4.98 Å². The van der Waals surface area contributed by atoms with Gasteiger partial charge in [0.2, 0.25) is 0 Å². The molecule has 1 aromatic carbocycles. The van der Waals surface area contributed by atoms with Gasteiger partial charge in [0.1, 0.15) is 17.4 Å². The molecule has 2 aromatic rings. The summed E-state index contributed by atoms with van der Waals surface area (Å²) in [6.07, 6.45) is 0. The molecule has 4 heteroatoms. The average molecular weight is 290 g/mol. The molecule has 0 spiro atoms. The number of nitrogens with zero attached hydrogens (tertiary/aromatic N) is 1. The highest BCUT2D eigenvalue weighted by Crippen LogP contribution is 2.25. The molecule has 0 radical (unpaired) electrons. The molecule has 2 rings (SSSR count). The first-order valence-corrected chi connectivity index (χ1v) is 7.67. The zero-order valence-electron chi connectivity index (χ0n) is 12.5. The van der Waals surface area contributed by atoms with E-state index in [0.717, 1.165) is 22.0 Å². The summed E-state index contributed by atoms with van der Waals surface area (Å²) in [6, 6.07) is 7.97. The Morgan fingerprint density at radius 1 is 1.25 bits per heavy atom. The first-order chi connectivity index (χ1) is 9.36. The van der Waals surface area contributed by atoms with E-state index in [1.807, 2.05) is 31.2 Å². The van der Waals surface area contributed by atoms with Crippen molar-refractivity contribution in [1.29, 1.82) is 0 Å². The minimum atomic E-state index is 0.0531. The summed E-state index contributed by atoms with van der Waals surface area (Å²) in [5.74, 6) is 0.849. The number of rotatable bonds is 4. The van der Waals surface area contributed by atoms with E-state index in [1.54, 1.807) is 11.3 Å². The van der Waals surface area contributed by atoms with Crippen molar-refractivity contribution < 1.29 is 4.74 Å². The highest BCUT2D eigenvalue weighted by Gasteiger charge is 2.17. The molecule has 0 aliphatic rings. The van der Waals surface area contributed by atoms with Gasteiger partial charge in [-0.2, -0.15) is 0 Å². The lowest BCUT2D eigenvalue weighted by Crippen LogP contribution is -2.11. The number of ether oxygens (including phenoxy) is 1. The van der Waals surface area contributed by atoms with Crippen molar-refractivity contribution in [3.8, 4) is 5.75 Å². The predicted octanol–water partition coefficient (Wildman–Crippen LogP) is 4.04. The van der Waals surface area contributed by atoms with Gasteiger partial charge in [0.05, 0.1) is 5.69 Å².